The number of nitrogens with zero attached hydrogens (tertiary/aromatic N) is 1. The molecular formula is C22H36N2O11P2S. The highest BCUT2D eigenvalue weighted by atomic mass is 32.2. The van der Waals surface area contributed by atoms with Crippen molar-refractivity contribution in [2.45, 2.75) is 51.3 Å². The van der Waals surface area contributed by atoms with E-state index < -0.39 is 26.9 Å². The monoisotopic (exact) mass is 598 g/mol. The van der Waals surface area contributed by atoms with E-state index in [1.165, 1.54) is 16.3 Å². The number of phosphoric ester groups is 2. The number of aromatic nitrogens is 2. The van der Waals surface area contributed by atoms with E-state index in [1.807, 2.05) is 30.3 Å². The fraction of sp³-hybridized carbons (Fsp3) is 0.545. The molecular weight excluding hydrogens is 562 g/mol. The lowest BCUT2D eigenvalue weighted by molar-refractivity contribution is 0.0411. The Kier molecular flexibility index (Phi) is 16.2. The molecule has 16 heteroatoms. The van der Waals surface area contributed by atoms with Gasteiger partial charge in [-0.15, -0.1) is 0 Å². The van der Waals surface area contributed by atoms with E-state index >= 15 is 0 Å². The van der Waals surface area contributed by atoms with E-state index in [1.54, 1.807) is 34.6 Å². The predicted molar refractivity (Wildman–Crippen MR) is 142 cm³/mol. The van der Waals surface area contributed by atoms with Crippen molar-refractivity contribution in [2.24, 2.45) is 0 Å². The lowest BCUT2D eigenvalue weighted by atomic mass is 10.4. The number of benzene rings is 1. The minimum Gasteiger partial charge on any atom is -0.394 e. The Balaban J connectivity index is 0.000000391. The van der Waals surface area contributed by atoms with Gasteiger partial charge in [0.25, 0.3) is 5.56 Å². The minimum atomic E-state index is -3.91. The van der Waals surface area contributed by atoms with Crippen LogP contribution in [-0.4, -0.2) is 54.3 Å². The lowest BCUT2D eigenvalue weighted by Gasteiger charge is -2.21. The maximum Gasteiger partial charge on any atom is 0.483 e. The molecule has 2 N–H and O–H groups in total. The van der Waals surface area contributed by atoms with E-state index in [-0.39, 0.29) is 46.4 Å². The Bertz CT molecular complexity index is 1130. The molecule has 0 aliphatic rings. The first-order valence-corrected chi connectivity index (χ1v) is 15.6. The summed E-state index contributed by atoms with van der Waals surface area (Å²) in [5.74, 6) is 0. The molecule has 0 saturated carbocycles. The molecule has 0 saturated heterocycles. The summed E-state index contributed by atoms with van der Waals surface area (Å²) in [6, 6.07) is 9.46. The van der Waals surface area contributed by atoms with Crippen molar-refractivity contribution >= 4 is 27.4 Å². The topological polar surface area (TPSA) is 165 Å². The first-order chi connectivity index (χ1) is 18.1. The average Bonchev–Trinajstić information content (AvgIpc) is 2.85. The molecule has 13 nitrogen and oxygen atoms in total. The Labute approximate surface area is 226 Å². The van der Waals surface area contributed by atoms with Gasteiger partial charge in [-0.1, -0.05) is 30.0 Å². The van der Waals surface area contributed by atoms with Crippen molar-refractivity contribution in [3.05, 3.63) is 56.7 Å². The number of rotatable bonds is 16. The number of aliphatic hydroxyl groups is 1. The Morgan fingerprint density at radius 2 is 1.39 bits per heavy atom. The van der Waals surface area contributed by atoms with Gasteiger partial charge in [0.1, 0.15) is 6.73 Å². The van der Waals surface area contributed by atoms with Gasteiger partial charge in [-0.25, -0.2) is 13.9 Å². The highest BCUT2D eigenvalue weighted by Crippen LogP contribution is 2.65. The Morgan fingerprint density at radius 3 is 1.84 bits per heavy atom. The third-order valence-corrected chi connectivity index (χ3v) is 9.26. The molecule has 0 amide bonds. The molecule has 0 fully saturated rings. The molecule has 2 aromatic rings. The molecule has 1 heterocycles. The second-order valence-corrected chi connectivity index (χ2v) is 11.5. The molecule has 0 spiro atoms. The van der Waals surface area contributed by atoms with Gasteiger partial charge in [0.05, 0.1) is 44.7 Å². The first kappa shape index (κ1) is 34.5. The van der Waals surface area contributed by atoms with Crippen LogP contribution in [0, 0.1) is 6.92 Å². The van der Waals surface area contributed by atoms with Crippen molar-refractivity contribution in [2.75, 3.05) is 39.6 Å². The fourth-order valence-electron chi connectivity index (χ4n) is 2.64. The summed E-state index contributed by atoms with van der Waals surface area (Å²) in [4.78, 5) is 26.9. The molecule has 216 valence electrons. The van der Waals surface area contributed by atoms with E-state index in [2.05, 4.69) is 4.98 Å². The van der Waals surface area contributed by atoms with Crippen molar-refractivity contribution in [3.63, 3.8) is 0 Å². The lowest BCUT2D eigenvalue weighted by Crippen LogP contribution is -2.33. The van der Waals surface area contributed by atoms with Crippen LogP contribution in [0.5, 0.6) is 0 Å². The number of aromatic amines is 1. The number of ether oxygens (including phenoxy) is 1. The second-order valence-electron chi connectivity index (χ2n) is 6.94. The van der Waals surface area contributed by atoms with E-state index in [9.17, 15) is 18.7 Å². The molecule has 0 radical (unpaired) electrons. The average molecular weight is 599 g/mol. The smallest absolute Gasteiger partial charge is 0.394 e. The van der Waals surface area contributed by atoms with Crippen molar-refractivity contribution in [1.82, 2.24) is 9.55 Å². The van der Waals surface area contributed by atoms with Crippen LogP contribution in [0.1, 0.15) is 33.3 Å². The molecule has 0 atom stereocenters. The fourth-order valence-corrected chi connectivity index (χ4v) is 6.80. The molecule has 0 aliphatic heterocycles. The molecule has 38 heavy (non-hydrogen) atoms. The number of aliphatic hydroxyl groups excluding tert-OH is 1. The number of hydrogen-bond acceptors (Lipinski definition) is 12. The van der Waals surface area contributed by atoms with Crippen LogP contribution < -0.4 is 11.2 Å². The van der Waals surface area contributed by atoms with Gasteiger partial charge >= 0.3 is 21.3 Å². The van der Waals surface area contributed by atoms with Gasteiger partial charge in [0.2, 0.25) is 0 Å². The number of hydrogen-bond donors (Lipinski definition) is 2. The number of nitrogens with one attached hydrogen (secondary N) is 1. The number of phosphoric acid groups is 2. The van der Waals surface area contributed by atoms with Gasteiger partial charge in [0.15, 0.2) is 0 Å². The number of H-pyrrole nitrogens is 1. The largest absolute Gasteiger partial charge is 0.483 e. The van der Waals surface area contributed by atoms with Crippen molar-refractivity contribution in [1.29, 1.82) is 0 Å². The maximum absolute atomic E-state index is 12.0. The SMILES string of the molecule is CCOP(=O)(OCC)OP(=O)(OCC)OCC.Cc1c(Sc2ccccc2)n(COCCO)c(=O)[nH]c1=O. The highest BCUT2D eigenvalue weighted by Gasteiger charge is 2.39. The predicted octanol–water partition coefficient (Wildman–Crippen LogP) is 4.33. The van der Waals surface area contributed by atoms with E-state index in [4.69, 9.17) is 32.2 Å². The van der Waals surface area contributed by atoms with Gasteiger partial charge in [0, 0.05) is 10.5 Å². The summed E-state index contributed by atoms with van der Waals surface area (Å²) in [6.07, 6.45) is 0. The summed E-state index contributed by atoms with van der Waals surface area (Å²) in [5.41, 5.74) is -0.477. The van der Waals surface area contributed by atoms with Crippen molar-refractivity contribution in [3.8, 4) is 0 Å². The Hall–Kier alpha value is -1.57. The normalized spacial score (nSPS) is 11.7. The summed E-state index contributed by atoms with van der Waals surface area (Å²) in [5, 5.41) is 9.28. The Morgan fingerprint density at radius 1 is 0.895 bits per heavy atom. The van der Waals surface area contributed by atoms with Crippen LogP contribution in [0.25, 0.3) is 0 Å². The molecule has 2 rings (SSSR count). The van der Waals surface area contributed by atoms with Gasteiger partial charge in [-0.3, -0.25) is 32.4 Å². The standard InChI is InChI=1S/C14H16N2O4S.C8H20O7P2/c1-10-12(18)15-14(19)16(9-20-8-7-17)13(10)21-11-5-3-2-4-6-11;1-5-11-16(9,12-6-2)15-17(10,13-7-3)14-8-4/h2-6,17H,7-9H2,1H3,(H,15,18,19);5-8H2,1-4H3. The van der Waals surface area contributed by atoms with Crippen molar-refractivity contribution < 1.29 is 41.4 Å². The molecule has 0 bridgehead atoms. The second kappa shape index (κ2) is 17.9. The van der Waals surface area contributed by atoms with E-state index in [0.717, 1.165) is 4.90 Å². The summed E-state index contributed by atoms with van der Waals surface area (Å²) in [7, 11) is -7.83. The zero-order valence-corrected chi connectivity index (χ0v) is 24.7. The van der Waals surface area contributed by atoms with Crippen LogP contribution in [0.4, 0.5) is 0 Å². The van der Waals surface area contributed by atoms with Crippen LogP contribution in [0.15, 0.2) is 49.8 Å². The van der Waals surface area contributed by atoms with Crippen LogP contribution in [0.3, 0.4) is 0 Å². The van der Waals surface area contributed by atoms with Crippen LogP contribution in [0.2, 0.25) is 0 Å². The quantitative estimate of drug-likeness (QED) is 0.160. The van der Waals surface area contributed by atoms with Crippen LogP contribution >= 0.6 is 27.4 Å². The van der Waals surface area contributed by atoms with Gasteiger partial charge in [-0.05, 0) is 46.8 Å². The minimum absolute atomic E-state index is 0.0216. The summed E-state index contributed by atoms with van der Waals surface area (Å²) < 4.78 is 54.7. The summed E-state index contributed by atoms with van der Waals surface area (Å²) in [6.45, 7) is 8.46. The summed E-state index contributed by atoms with van der Waals surface area (Å²) >= 11 is 1.33. The maximum atomic E-state index is 12.0. The highest BCUT2D eigenvalue weighted by molar-refractivity contribution is 7.99. The first-order valence-electron chi connectivity index (χ1n) is 11.8. The molecule has 0 aliphatic carbocycles. The molecule has 1 aromatic carbocycles. The van der Waals surface area contributed by atoms with Crippen LogP contribution in [-0.2, 0) is 43.0 Å². The van der Waals surface area contributed by atoms with E-state index in [0.29, 0.717) is 10.6 Å². The molecule has 1 aromatic heterocycles. The zero-order chi connectivity index (χ0) is 28.6. The van der Waals surface area contributed by atoms with Gasteiger partial charge in [-0.2, -0.15) is 4.31 Å². The molecule has 0 unspecified atom stereocenters. The zero-order valence-electron chi connectivity index (χ0n) is 22.1. The third-order valence-electron chi connectivity index (χ3n) is 4.13. The van der Waals surface area contributed by atoms with Gasteiger partial charge < -0.3 is 9.84 Å². The third kappa shape index (κ3) is 11.7.